The Morgan fingerprint density at radius 2 is 2.12 bits per heavy atom. The second-order valence-corrected chi connectivity index (χ2v) is 4.88. The van der Waals surface area contributed by atoms with Gasteiger partial charge < -0.3 is 10.3 Å². The van der Waals surface area contributed by atoms with E-state index in [-0.39, 0.29) is 11.9 Å². The lowest BCUT2D eigenvalue weighted by Crippen LogP contribution is -2.30. The monoisotopic (exact) mass is 250 g/mol. The number of carbonyl (C=O) groups excluding carboxylic acids is 1. The summed E-state index contributed by atoms with van der Waals surface area (Å²) >= 11 is 5.95. The first-order valence-corrected chi connectivity index (χ1v) is 5.95. The van der Waals surface area contributed by atoms with E-state index in [1.54, 1.807) is 0 Å². The lowest BCUT2D eigenvalue weighted by molar-refractivity contribution is 0.0938. The number of aryl methyl sites for hydroxylation is 1. The topological polar surface area (TPSA) is 44.9 Å². The number of rotatable bonds is 2. The van der Waals surface area contributed by atoms with Gasteiger partial charge in [-0.05, 0) is 44.5 Å². The lowest BCUT2D eigenvalue weighted by Gasteiger charge is -2.07. The second-order valence-electron chi connectivity index (χ2n) is 4.44. The van der Waals surface area contributed by atoms with Gasteiger partial charge in [0, 0.05) is 22.0 Å². The van der Waals surface area contributed by atoms with Crippen LogP contribution in [0.5, 0.6) is 0 Å². The molecule has 0 spiro atoms. The Balaban J connectivity index is 2.49. The zero-order chi connectivity index (χ0) is 12.6. The molecule has 1 amide bonds. The van der Waals surface area contributed by atoms with Gasteiger partial charge in [-0.1, -0.05) is 11.6 Å². The summed E-state index contributed by atoms with van der Waals surface area (Å²) in [5.41, 5.74) is 2.47. The highest BCUT2D eigenvalue weighted by atomic mass is 35.5. The Bertz CT molecular complexity index is 572. The molecular formula is C13H15ClN2O. The summed E-state index contributed by atoms with van der Waals surface area (Å²) < 4.78 is 0. The predicted octanol–water partition coefficient (Wildman–Crippen LogP) is 3.27. The van der Waals surface area contributed by atoms with Crippen molar-refractivity contribution in [3.8, 4) is 0 Å². The van der Waals surface area contributed by atoms with Crippen molar-refractivity contribution in [2.24, 2.45) is 0 Å². The van der Waals surface area contributed by atoms with E-state index >= 15 is 0 Å². The molecule has 1 aromatic heterocycles. The van der Waals surface area contributed by atoms with E-state index in [1.165, 1.54) is 0 Å². The molecule has 2 aromatic rings. The maximum atomic E-state index is 12.0. The summed E-state index contributed by atoms with van der Waals surface area (Å²) in [6, 6.07) is 5.69. The predicted molar refractivity (Wildman–Crippen MR) is 70.6 cm³/mol. The number of aromatic amines is 1. The molecule has 0 aliphatic rings. The van der Waals surface area contributed by atoms with Crippen molar-refractivity contribution in [2.45, 2.75) is 26.8 Å². The van der Waals surface area contributed by atoms with E-state index in [2.05, 4.69) is 10.3 Å². The number of hydrogen-bond acceptors (Lipinski definition) is 1. The van der Waals surface area contributed by atoms with Crippen molar-refractivity contribution in [3.63, 3.8) is 0 Å². The number of carbonyl (C=O) groups is 1. The molecule has 1 aromatic carbocycles. The Kier molecular flexibility index (Phi) is 3.11. The smallest absolute Gasteiger partial charge is 0.268 e. The van der Waals surface area contributed by atoms with Crippen molar-refractivity contribution in [1.29, 1.82) is 0 Å². The summed E-state index contributed by atoms with van der Waals surface area (Å²) in [6.07, 6.45) is 0. The van der Waals surface area contributed by atoms with Crippen LogP contribution < -0.4 is 5.32 Å². The van der Waals surface area contributed by atoms with Gasteiger partial charge in [-0.25, -0.2) is 0 Å². The number of nitrogens with one attached hydrogen (secondary N) is 2. The molecule has 0 saturated heterocycles. The third-order valence-corrected chi connectivity index (χ3v) is 2.90. The van der Waals surface area contributed by atoms with Crippen LogP contribution >= 0.6 is 11.6 Å². The van der Waals surface area contributed by atoms with Crippen LogP contribution in [0.4, 0.5) is 0 Å². The number of fused-ring (bicyclic) bond motifs is 1. The van der Waals surface area contributed by atoms with E-state index in [0.717, 1.165) is 16.5 Å². The molecule has 17 heavy (non-hydrogen) atoms. The van der Waals surface area contributed by atoms with Gasteiger partial charge in [0.05, 0.1) is 0 Å². The molecule has 0 aliphatic heterocycles. The minimum Gasteiger partial charge on any atom is -0.350 e. The molecule has 0 bridgehead atoms. The van der Waals surface area contributed by atoms with Crippen LogP contribution in [0.25, 0.3) is 10.9 Å². The molecule has 4 heteroatoms. The average molecular weight is 251 g/mol. The first-order valence-electron chi connectivity index (χ1n) is 5.57. The van der Waals surface area contributed by atoms with Crippen LogP contribution in [0.2, 0.25) is 5.02 Å². The SMILES string of the molecule is Cc1c(C(=O)NC(C)C)[nH]c2ccc(Cl)cc12. The van der Waals surface area contributed by atoms with Gasteiger partial charge in [-0.2, -0.15) is 0 Å². The van der Waals surface area contributed by atoms with E-state index in [0.29, 0.717) is 10.7 Å². The van der Waals surface area contributed by atoms with Gasteiger partial charge in [0.1, 0.15) is 5.69 Å². The fraction of sp³-hybridized carbons (Fsp3) is 0.308. The third-order valence-electron chi connectivity index (χ3n) is 2.67. The average Bonchev–Trinajstić information content (AvgIpc) is 2.55. The Hall–Kier alpha value is -1.48. The highest BCUT2D eigenvalue weighted by molar-refractivity contribution is 6.31. The molecule has 0 saturated carbocycles. The van der Waals surface area contributed by atoms with Gasteiger partial charge in [0.2, 0.25) is 0 Å². The molecule has 2 rings (SSSR count). The Morgan fingerprint density at radius 1 is 1.41 bits per heavy atom. The van der Waals surface area contributed by atoms with Crippen molar-refractivity contribution >= 4 is 28.4 Å². The summed E-state index contributed by atoms with van der Waals surface area (Å²) in [5, 5.41) is 4.54. The first-order chi connectivity index (χ1) is 7.99. The summed E-state index contributed by atoms with van der Waals surface area (Å²) in [6.45, 7) is 5.80. The van der Waals surface area contributed by atoms with Gasteiger partial charge >= 0.3 is 0 Å². The first kappa shape index (κ1) is 12.0. The second kappa shape index (κ2) is 4.41. The van der Waals surface area contributed by atoms with E-state index in [1.807, 2.05) is 39.0 Å². The van der Waals surface area contributed by atoms with Crippen molar-refractivity contribution in [2.75, 3.05) is 0 Å². The van der Waals surface area contributed by atoms with Crippen LogP contribution in [0, 0.1) is 6.92 Å². The highest BCUT2D eigenvalue weighted by Gasteiger charge is 2.15. The molecule has 0 aliphatic carbocycles. The van der Waals surface area contributed by atoms with E-state index in [4.69, 9.17) is 11.6 Å². The Labute approximate surface area is 105 Å². The maximum absolute atomic E-state index is 12.0. The van der Waals surface area contributed by atoms with Crippen LogP contribution in [-0.2, 0) is 0 Å². The number of hydrogen-bond donors (Lipinski definition) is 2. The van der Waals surface area contributed by atoms with Gasteiger partial charge in [0.15, 0.2) is 0 Å². The Morgan fingerprint density at radius 3 is 2.76 bits per heavy atom. The molecule has 3 nitrogen and oxygen atoms in total. The van der Waals surface area contributed by atoms with E-state index < -0.39 is 0 Å². The number of amides is 1. The van der Waals surface area contributed by atoms with E-state index in [9.17, 15) is 4.79 Å². The van der Waals surface area contributed by atoms with Crippen LogP contribution in [-0.4, -0.2) is 16.9 Å². The van der Waals surface area contributed by atoms with Gasteiger partial charge in [-0.15, -0.1) is 0 Å². The normalized spacial score (nSPS) is 11.1. The lowest BCUT2D eigenvalue weighted by atomic mass is 10.1. The molecule has 0 unspecified atom stereocenters. The van der Waals surface area contributed by atoms with Crippen molar-refractivity contribution in [3.05, 3.63) is 34.5 Å². The summed E-state index contributed by atoms with van der Waals surface area (Å²) in [4.78, 5) is 15.1. The zero-order valence-corrected chi connectivity index (χ0v) is 10.9. The fourth-order valence-corrected chi connectivity index (χ4v) is 2.03. The summed E-state index contributed by atoms with van der Waals surface area (Å²) in [5.74, 6) is -0.0789. The molecule has 2 N–H and O–H groups in total. The molecule has 0 atom stereocenters. The molecule has 0 radical (unpaired) electrons. The largest absolute Gasteiger partial charge is 0.350 e. The van der Waals surface area contributed by atoms with Crippen LogP contribution in [0.3, 0.4) is 0 Å². The fourth-order valence-electron chi connectivity index (χ4n) is 1.86. The van der Waals surface area contributed by atoms with Crippen LogP contribution in [0.1, 0.15) is 29.9 Å². The van der Waals surface area contributed by atoms with Gasteiger partial charge in [0.25, 0.3) is 5.91 Å². The van der Waals surface area contributed by atoms with Gasteiger partial charge in [-0.3, -0.25) is 4.79 Å². The quantitative estimate of drug-likeness (QED) is 0.844. The minimum atomic E-state index is -0.0789. The maximum Gasteiger partial charge on any atom is 0.268 e. The number of benzene rings is 1. The minimum absolute atomic E-state index is 0.0789. The standard InChI is InChI=1S/C13H15ClN2O/c1-7(2)15-13(17)12-8(3)10-6-9(14)4-5-11(10)16-12/h4-7,16H,1-3H3,(H,15,17). The van der Waals surface area contributed by atoms with Crippen molar-refractivity contribution in [1.82, 2.24) is 10.3 Å². The molecule has 90 valence electrons. The third kappa shape index (κ3) is 2.29. The number of aromatic nitrogens is 1. The number of H-pyrrole nitrogens is 1. The van der Waals surface area contributed by atoms with Crippen molar-refractivity contribution < 1.29 is 4.79 Å². The molecular weight excluding hydrogens is 236 g/mol. The molecule has 1 heterocycles. The number of halogens is 1. The molecule has 0 fully saturated rings. The zero-order valence-electron chi connectivity index (χ0n) is 10.1. The van der Waals surface area contributed by atoms with Crippen LogP contribution in [0.15, 0.2) is 18.2 Å². The highest BCUT2D eigenvalue weighted by Crippen LogP contribution is 2.24. The summed E-state index contributed by atoms with van der Waals surface area (Å²) in [7, 11) is 0.